The van der Waals surface area contributed by atoms with Crippen LogP contribution in [0.2, 0.25) is 0 Å². The molecule has 2 heterocycles. The highest BCUT2D eigenvalue weighted by Crippen LogP contribution is 2.13. The number of carbonyl (C=O) groups is 1. The van der Waals surface area contributed by atoms with Crippen molar-refractivity contribution in [1.29, 1.82) is 0 Å². The van der Waals surface area contributed by atoms with Crippen LogP contribution in [0.15, 0.2) is 0 Å². The maximum atomic E-state index is 12.0. The third-order valence-electron chi connectivity index (χ3n) is 3.35. The van der Waals surface area contributed by atoms with Crippen molar-refractivity contribution in [3.05, 3.63) is 0 Å². The van der Waals surface area contributed by atoms with E-state index >= 15 is 0 Å². The maximum absolute atomic E-state index is 12.0. The minimum Gasteiger partial charge on any atom is -0.378 e. The first-order valence-corrected chi connectivity index (χ1v) is 6.42. The zero-order valence-corrected chi connectivity index (χ0v) is 10.5. The summed E-state index contributed by atoms with van der Waals surface area (Å²) in [5.74, 6) is 0.170. The van der Waals surface area contributed by atoms with Crippen LogP contribution in [0.3, 0.4) is 0 Å². The van der Waals surface area contributed by atoms with Gasteiger partial charge in [-0.15, -0.1) is 0 Å². The molecule has 0 spiro atoms. The second-order valence-electron chi connectivity index (χ2n) is 4.84. The zero-order chi connectivity index (χ0) is 12.1. The van der Waals surface area contributed by atoms with E-state index in [1.54, 1.807) is 4.90 Å². The van der Waals surface area contributed by atoms with Crippen LogP contribution in [0.4, 0.5) is 0 Å². The summed E-state index contributed by atoms with van der Waals surface area (Å²) in [7, 11) is 1.85. The van der Waals surface area contributed by atoms with E-state index in [4.69, 9.17) is 9.47 Å². The van der Waals surface area contributed by atoms with Crippen molar-refractivity contribution in [2.45, 2.75) is 31.4 Å². The van der Waals surface area contributed by atoms with Gasteiger partial charge in [-0.25, -0.2) is 0 Å². The Hall–Kier alpha value is -0.650. The summed E-state index contributed by atoms with van der Waals surface area (Å²) in [6.45, 7) is 3.78. The minimum atomic E-state index is 0.170. The number of rotatable bonds is 4. The molecule has 1 amide bonds. The molecule has 5 heteroatoms. The number of likely N-dealkylation sites (N-methyl/N-ethyl adjacent to an activating group) is 1. The molecule has 2 saturated heterocycles. The molecule has 0 radical (unpaired) electrons. The number of hydrogen-bond donors (Lipinski definition) is 1. The molecular formula is C12H22N2O3. The van der Waals surface area contributed by atoms with Crippen LogP contribution in [0.25, 0.3) is 0 Å². The Morgan fingerprint density at radius 2 is 2.35 bits per heavy atom. The molecule has 0 saturated carbocycles. The van der Waals surface area contributed by atoms with Crippen molar-refractivity contribution in [2.24, 2.45) is 0 Å². The molecule has 5 nitrogen and oxygen atoms in total. The molecule has 2 aliphatic rings. The monoisotopic (exact) mass is 242 g/mol. The third kappa shape index (κ3) is 3.94. The van der Waals surface area contributed by atoms with Crippen molar-refractivity contribution >= 4 is 5.91 Å². The van der Waals surface area contributed by atoms with Crippen molar-refractivity contribution < 1.29 is 14.3 Å². The summed E-state index contributed by atoms with van der Waals surface area (Å²) in [4.78, 5) is 13.8. The number of ether oxygens (including phenoxy) is 2. The van der Waals surface area contributed by atoms with Crippen LogP contribution in [-0.2, 0) is 14.3 Å². The lowest BCUT2D eigenvalue weighted by Gasteiger charge is -2.26. The van der Waals surface area contributed by atoms with E-state index in [1.807, 2.05) is 7.05 Å². The Bertz CT molecular complexity index is 248. The Balaban J connectivity index is 1.70. The molecule has 2 aliphatic heterocycles. The highest BCUT2D eigenvalue weighted by molar-refractivity contribution is 5.76. The first-order chi connectivity index (χ1) is 8.25. The topological polar surface area (TPSA) is 50.8 Å². The zero-order valence-electron chi connectivity index (χ0n) is 10.5. The third-order valence-corrected chi connectivity index (χ3v) is 3.35. The van der Waals surface area contributed by atoms with Crippen LogP contribution in [0.1, 0.15) is 19.3 Å². The fourth-order valence-corrected chi connectivity index (χ4v) is 2.31. The number of hydrogen-bond acceptors (Lipinski definition) is 4. The molecule has 2 atom stereocenters. The number of morpholine rings is 1. The number of nitrogens with zero attached hydrogens (tertiary/aromatic N) is 1. The van der Waals surface area contributed by atoms with Gasteiger partial charge >= 0.3 is 0 Å². The van der Waals surface area contributed by atoms with E-state index in [0.29, 0.717) is 19.6 Å². The highest BCUT2D eigenvalue weighted by atomic mass is 16.5. The minimum absolute atomic E-state index is 0.170. The van der Waals surface area contributed by atoms with Gasteiger partial charge in [0.05, 0.1) is 19.3 Å². The summed E-state index contributed by atoms with van der Waals surface area (Å²) < 4.78 is 10.9. The first kappa shape index (κ1) is 12.8. The Morgan fingerprint density at radius 1 is 1.47 bits per heavy atom. The molecule has 1 N–H and O–H groups in total. The fourth-order valence-electron chi connectivity index (χ4n) is 2.31. The molecule has 0 aliphatic carbocycles. The van der Waals surface area contributed by atoms with E-state index in [0.717, 1.165) is 32.6 Å². The fraction of sp³-hybridized carbons (Fsp3) is 0.917. The molecule has 17 heavy (non-hydrogen) atoms. The number of amides is 1. The maximum Gasteiger partial charge on any atom is 0.224 e. The van der Waals surface area contributed by atoms with E-state index < -0.39 is 0 Å². The molecule has 0 bridgehead atoms. The summed E-state index contributed by atoms with van der Waals surface area (Å²) in [5.41, 5.74) is 0. The number of nitrogens with one attached hydrogen (secondary N) is 1. The molecule has 0 aromatic heterocycles. The summed E-state index contributed by atoms with van der Waals surface area (Å²) in [5, 5.41) is 3.29. The van der Waals surface area contributed by atoms with Gasteiger partial charge in [0.2, 0.25) is 5.91 Å². The van der Waals surface area contributed by atoms with Gasteiger partial charge in [0.15, 0.2) is 0 Å². The van der Waals surface area contributed by atoms with Crippen LogP contribution in [0, 0.1) is 0 Å². The van der Waals surface area contributed by atoms with Gasteiger partial charge < -0.3 is 19.7 Å². The standard InChI is InChI=1S/C12H22N2O3/c1-14(8-11-3-2-5-17-11)12(15)7-10-9-16-6-4-13-10/h10-11,13H,2-9H2,1H3. The number of carbonyl (C=O) groups excluding carboxylic acids is 1. The molecule has 0 aromatic carbocycles. The van der Waals surface area contributed by atoms with Gasteiger partial charge in [-0.1, -0.05) is 0 Å². The average molecular weight is 242 g/mol. The lowest BCUT2D eigenvalue weighted by Crippen LogP contribution is -2.45. The van der Waals surface area contributed by atoms with Crippen LogP contribution < -0.4 is 5.32 Å². The van der Waals surface area contributed by atoms with Crippen LogP contribution in [-0.4, -0.2) is 62.9 Å². The Kier molecular flexibility index (Phi) is 4.76. The van der Waals surface area contributed by atoms with Crippen LogP contribution >= 0.6 is 0 Å². The van der Waals surface area contributed by atoms with E-state index in [-0.39, 0.29) is 18.1 Å². The summed E-state index contributed by atoms with van der Waals surface area (Å²) in [6, 6.07) is 0.170. The molecule has 98 valence electrons. The largest absolute Gasteiger partial charge is 0.378 e. The van der Waals surface area contributed by atoms with Crippen molar-refractivity contribution in [1.82, 2.24) is 10.2 Å². The predicted molar refractivity (Wildman–Crippen MR) is 63.8 cm³/mol. The molecule has 2 fully saturated rings. The second kappa shape index (κ2) is 6.33. The first-order valence-electron chi connectivity index (χ1n) is 6.42. The van der Waals surface area contributed by atoms with E-state index in [9.17, 15) is 4.79 Å². The van der Waals surface area contributed by atoms with Gasteiger partial charge in [-0.3, -0.25) is 4.79 Å². The smallest absolute Gasteiger partial charge is 0.224 e. The van der Waals surface area contributed by atoms with Crippen molar-refractivity contribution in [2.75, 3.05) is 40.0 Å². The predicted octanol–water partition coefficient (Wildman–Crippen LogP) is 0.00230. The Labute approximate surface area is 102 Å². The molecular weight excluding hydrogens is 220 g/mol. The van der Waals surface area contributed by atoms with Crippen LogP contribution in [0.5, 0.6) is 0 Å². The molecule has 2 rings (SSSR count). The van der Waals surface area contributed by atoms with Gasteiger partial charge in [0, 0.05) is 39.2 Å². The summed E-state index contributed by atoms with van der Waals surface area (Å²) >= 11 is 0. The SMILES string of the molecule is CN(CC1CCCO1)C(=O)CC1COCCN1. The summed E-state index contributed by atoms with van der Waals surface area (Å²) in [6.07, 6.45) is 2.94. The average Bonchev–Trinajstić information content (AvgIpc) is 2.83. The lowest BCUT2D eigenvalue weighted by molar-refractivity contribution is -0.132. The van der Waals surface area contributed by atoms with Gasteiger partial charge in [0.1, 0.15) is 0 Å². The van der Waals surface area contributed by atoms with Crippen molar-refractivity contribution in [3.8, 4) is 0 Å². The van der Waals surface area contributed by atoms with E-state index in [2.05, 4.69) is 5.32 Å². The molecule has 0 aromatic rings. The van der Waals surface area contributed by atoms with E-state index in [1.165, 1.54) is 0 Å². The quantitative estimate of drug-likeness (QED) is 0.754. The Morgan fingerprint density at radius 3 is 3.00 bits per heavy atom. The lowest BCUT2D eigenvalue weighted by atomic mass is 10.1. The molecule has 2 unspecified atom stereocenters. The van der Waals surface area contributed by atoms with Gasteiger partial charge in [0.25, 0.3) is 0 Å². The highest BCUT2D eigenvalue weighted by Gasteiger charge is 2.23. The van der Waals surface area contributed by atoms with Gasteiger partial charge in [-0.05, 0) is 12.8 Å². The van der Waals surface area contributed by atoms with Crippen molar-refractivity contribution in [3.63, 3.8) is 0 Å². The van der Waals surface area contributed by atoms with Gasteiger partial charge in [-0.2, -0.15) is 0 Å². The second-order valence-corrected chi connectivity index (χ2v) is 4.84. The normalized spacial score (nSPS) is 29.2.